The molecule has 0 heterocycles. The Bertz CT molecular complexity index is 347. The molecule has 0 N–H and O–H groups in total. The van der Waals surface area contributed by atoms with Crippen LogP contribution >= 0.6 is 23.5 Å². The molecule has 80 valence electrons. The van der Waals surface area contributed by atoms with Crippen LogP contribution in [0, 0.1) is 0 Å². The third-order valence-electron chi connectivity index (χ3n) is 1.65. The van der Waals surface area contributed by atoms with Crippen molar-refractivity contribution in [1.82, 2.24) is 0 Å². The maximum absolute atomic E-state index is 11.2. The van der Waals surface area contributed by atoms with E-state index in [-0.39, 0.29) is 5.97 Å². The fourth-order valence-electron chi connectivity index (χ4n) is 0.901. The molecule has 1 rings (SSSR count). The summed E-state index contributed by atoms with van der Waals surface area (Å²) >= 11 is 2.90. The van der Waals surface area contributed by atoms with Gasteiger partial charge in [-0.25, -0.2) is 4.79 Å². The van der Waals surface area contributed by atoms with Crippen LogP contribution in [0.15, 0.2) is 45.5 Å². The Morgan fingerprint density at radius 1 is 1.33 bits per heavy atom. The van der Waals surface area contributed by atoms with Crippen LogP contribution in [0.25, 0.3) is 0 Å². The number of ether oxygens (including phenoxy) is 1. The van der Waals surface area contributed by atoms with Gasteiger partial charge < -0.3 is 4.74 Å². The number of methoxy groups -OCH3 is 1. The molecule has 0 aliphatic heterocycles. The summed E-state index contributed by atoms with van der Waals surface area (Å²) in [5.74, 6) is -0.286. The number of rotatable bonds is 4. The van der Waals surface area contributed by atoms with Crippen molar-refractivity contribution < 1.29 is 9.53 Å². The molecule has 0 amide bonds. The molecule has 4 heteroatoms. The molecule has 0 saturated heterocycles. The van der Waals surface area contributed by atoms with Crippen molar-refractivity contribution >= 4 is 29.5 Å². The number of benzene rings is 1. The van der Waals surface area contributed by atoms with E-state index in [0.29, 0.717) is 4.91 Å². The standard InChI is InChI=1S/C11H12O2S2/c1-13-11(12)10(14-2)8-15-9-6-4-3-5-7-9/h3-8H,1-2H3/b10-8-. The van der Waals surface area contributed by atoms with E-state index in [2.05, 4.69) is 4.74 Å². The zero-order chi connectivity index (χ0) is 11.1. The van der Waals surface area contributed by atoms with Gasteiger partial charge in [0.05, 0.1) is 12.0 Å². The van der Waals surface area contributed by atoms with E-state index < -0.39 is 0 Å². The van der Waals surface area contributed by atoms with E-state index >= 15 is 0 Å². The monoisotopic (exact) mass is 240 g/mol. The van der Waals surface area contributed by atoms with Crippen molar-refractivity contribution in [2.75, 3.05) is 13.4 Å². The van der Waals surface area contributed by atoms with Crippen LogP contribution in [0.2, 0.25) is 0 Å². The highest BCUT2D eigenvalue weighted by molar-refractivity contribution is 8.06. The lowest BCUT2D eigenvalue weighted by Crippen LogP contribution is -2.00. The lowest BCUT2D eigenvalue weighted by Gasteiger charge is -2.01. The Kier molecular flexibility index (Phi) is 5.36. The largest absolute Gasteiger partial charge is 0.465 e. The molecule has 0 aliphatic rings. The van der Waals surface area contributed by atoms with E-state index in [9.17, 15) is 4.79 Å². The summed E-state index contributed by atoms with van der Waals surface area (Å²) in [6.45, 7) is 0. The summed E-state index contributed by atoms with van der Waals surface area (Å²) in [5.41, 5.74) is 0. The van der Waals surface area contributed by atoms with Gasteiger partial charge in [0.25, 0.3) is 0 Å². The number of carbonyl (C=O) groups excluding carboxylic acids is 1. The molecule has 0 radical (unpaired) electrons. The highest BCUT2D eigenvalue weighted by Gasteiger charge is 2.07. The highest BCUT2D eigenvalue weighted by atomic mass is 32.2. The van der Waals surface area contributed by atoms with Gasteiger partial charge in [0.2, 0.25) is 0 Å². The fourth-order valence-corrected chi connectivity index (χ4v) is 2.33. The van der Waals surface area contributed by atoms with Crippen molar-refractivity contribution in [2.24, 2.45) is 0 Å². The van der Waals surface area contributed by atoms with Crippen molar-refractivity contribution in [3.63, 3.8) is 0 Å². The number of esters is 1. The van der Waals surface area contributed by atoms with Crippen LogP contribution in [0.3, 0.4) is 0 Å². The summed E-state index contributed by atoms with van der Waals surface area (Å²) in [6.07, 6.45) is 1.86. The average molecular weight is 240 g/mol. The van der Waals surface area contributed by atoms with E-state index in [1.54, 1.807) is 0 Å². The third kappa shape index (κ3) is 4.01. The highest BCUT2D eigenvalue weighted by Crippen LogP contribution is 2.24. The summed E-state index contributed by atoms with van der Waals surface area (Å²) < 4.78 is 4.65. The minimum atomic E-state index is -0.286. The van der Waals surface area contributed by atoms with Gasteiger partial charge in [-0.05, 0) is 23.8 Å². The number of hydrogen-bond donors (Lipinski definition) is 0. The second kappa shape index (κ2) is 6.58. The van der Waals surface area contributed by atoms with E-state index in [1.807, 2.05) is 42.0 Å². The Morgan fingerprint density at radius 3 is 2.53 bits per heavy atom. The molecule has 0 bridgehead atoms. The van der Waals surface area contributed by atoms with Crippen molar-refractivity contribution in [2.45, 2.75) is 4.90 Å². The maximum Gasteiger partial charge on any atom is 0.344 e. The minimum Gasteiger partial charge on any atom is -0.465 e. The number of carbonyl (C=O) groups is 1. The van der Waals surface area contributed by atoms with E-state index in [0.717, 1.165) is 4.90 Å². The predicted molar refractivity (Wildman–Crippen MR) is 65.9 cm³/mol. The van der Waals surface area contributed by atoms with Crippen molar-refractivity contribution in [3.05, 3.63) is 40.6 Å². The first kappa shape index (κ1) is 12.2. The molecular formula is C11H12O2S2. The second-order valence-electron chi connectivity index (χ2n) is 2.61. The van der Waals surface area contributed by atoms with Gasteiger partial charge in [0.15, 0.2) is 0 Å². The SMILES string of the molecule is COC(=O)/C(=C/Sc1ccccc1)SC. The normalized spacial score (nSPS) is 11.2. The molecule has 0 atom stereocenters. The zero-order valence-corrected chi connectivity index (χ0v) is 10.2. The first-order chi connectivity index (χ1) is 7.27. The molecule has 0 spiro atoms. The van der Waals surface area contributed by atoms with Crippen LogP contribution in [0.5, 0.6) is 0 Å². The smallest absolute Gasteiger partial charge is 0.344 e. The van der Waals surface area contributed by atoms with E-state index in [1.165, 1.54) is 30.6 Å². The van der Waals surface area contributed by atoms with Crippen LogP contribution in [0.1, 0.15) is 0 Å². The van der Waals surface area contributed by atoms with Crippen LogP contribution < -0.4 is 0 Å². The second-order valence-corrected chi connectivity index (χ2v) is 4.40. The fraction of sp³-hybridized carbons (Fsp3) is 0.182. The van der Waals surface area contributed by atoms with Crippen LogP contribution in [-0.4, -0.2) is 19.3 Å². The Labute approximate surface area is 98.1 Å². The molecule has 1 aromatic carbocycles. The third-order valence-corrected chi connectivity index (χ3v) is 3.42. The maximum atomic E-state index is 11.2. The van der Waals surface area contributed by atoms with Gasteiger partial charge in [-0.15, -0.1) is 11.8 Å². The molecule has 15 heavy (non-hydrogen) atoms. The van der Waals surface area contributed by atoms with Crippen molar-refractivity contribution in [1.29, 1.82) is 0 Å². The van der Waals surface area contributed by atoms with Gasteiger partial charge in [0.1, 0.15) is 0 Å². The Morgan fingerprint density at radius 2 is 2.00 bits per heavy atom. The lowest BCUT2D eigenvalue weighted by molar-refractivity contribution is -0.135. The lowest BCUT2D eigenvalue weighted by atomic mass is 10.4. The van der Waals surface area contributed by atoms with Gasteiger partial charge in [-0.2, -0.15) is 0 Å². The molecule has 0 unspecified atom stereocenters. The summed E-state index contributed by atoms with van der Waals surface area (Å²) in [4.78, 5) is 13.0. The summed E-state index contributed by atoms with van der Waals surface area (Å²) in [7, 11) is 1.39. The predicted octanol–water partition coefficient (Wildman–Crippen LogP) is 3.16. The van der Waals surface area contributed by atoms with Crippen LogP contribution in [0.4, 0.5) is 0 Å². The molecular weight excluding hydrogens is 228 g/mol. The van der Waals surface area contributed by atoms with Crippen molar-refractivity contribution in [3.8, 4) is 0 Å². The first-order valence-electron chi connectivity index (χ1n) is 4.32. The number of hydrogen-bond acceptors (Lipinski definition) is 4. The number of thioether (sulfide) groups is 2. The molecule has 0 saturated carbocycles. The minimum absolute atomic E-state index is 0.286. The summed E-state index contributed by atoms with van der Waals surface area (Å²) in [5, 5.41) is 1.81. The average Bonchev–Trinajstić information content (AvgIpc) is 2.31. The Balaban J connectivity index is 2.67. The molecule has 1 aromatic rings. The molecule has 0 aliphatic carbocycles. The first-order valence-corrected chi connectivity index (χ1v) is 6.42. The molecule has 2 nitrogen and oxygen atoms in total. The van der Waals surface area contributed by atoms with Gasteiger partial charge >= 0.3 is 5.97 Å². The topological polar surface area (TPSA) is 26.3 Å². The molecule has 0 aromatic heterocycles. The Hall–Kier alpha value is -0.870. The van der Waals surface area contributed by atoms with E-state index in [4.69, 9.17) is 0 Å². The van der Waals surface area contributed by atoms with Gasteiger partial charge in [0, 0.05) is 4.90 Å². The quantitative estimate of drug-likeness (QED) is 0.459. The summed E-state index contributed by atoms with van der Waals surface area (Å²) in [6, 6.07) is 9.89. The van der Waals surface area contributed by atoms with Crippen LogP contribution in [-0.2, 0) is 9.53 Å². The molecule has 0 fully saturated rings. The van der Waals surface area contributed by atoms with Gasteiger partial charge in [-0.3, -0.25) is 0 Å². The van der Waals surface area contributed by atoms with Gasteiger partial charge in [-0.1, -0.05) is 30.0 Å². The zero-order valence-electron chi connectivity index (χ0n) is 8.60.